The van der Waals surface area contributed by atoms with Gasteiger partial charge in [-0.1, -0.05) is 72.8 Å². The quantitative estimate of drug-likeness (QED) is 0.244. The molecule has 0 spiro atoms. The van der Waals surface area contributed by atoms with Gasteiger partial charge in [0.25, 0.3) is 0 Å². The minimum Gasteiger partial charge on any atom is -0.360 e. The number of hydrogen-bond acceptors (Lipinski definition) is 7. The molecular weight excluding hydrogens is 451 g/mol. The molecule has 9 nitrogen and oxygen atoms in total. The van der Waals surface area contributed by atoms with Crippen LogP contribution in [0.2, 0.25) is 0 Å². The number of benzene rings is 3. The third-order valence-electron chi connectivity index (χ3n) is 5.21. The third-order valence-corrected chi connectivity index (χ3v) is 5.21. The number of carbonyl (C=O) groups is 1. The summed E-state index contributed by atoms with van der Waals surface area (Å²) in [6.07, 6.45) is 1.14. The lowest BCUT2D eigenvalue weighted by atomic mass is 9.91. The molecule has 1 heterocycles. The molecule has 0 atom stereocenters. The first kappa shape index (κ1) is 23.3. The van der Waals surface area contributed by atoms with E-state index in [4.69, 9.17) is 0 Å². The van der Waals surface area contributed by atoms with Crippen LogP contribution in [0, 0.1) is 15.9 Å². The molecular formula is C25H21FN6O3. The van der Waals surface area contributed by atoms with Crippen molar-refractivity contribution in [1.82, 2.24) is 15.4 Å². The van der Waals surface area contributed by atoms with Crippen molar-refractivity contribution in [2.24, 2.45) is 0 Å². The fourth-order valence-electron chi connectivity index (χ4n) is 3.54. The van der Waals surface area contributed by atoms with Crippen LogP contribution in [-0.2, 0) is 11.3 Å². The SMILES string of the molecule is O=C(NNc1ncnc(NCc2ccc(F)cc2)c1[N+](=O)[O-])C(c1ccccc1)c1ccccc1. The molecule has 4 rings (SSSR count). The molecule has 35 heavy (non-hydrogen) atoms. The van der Waals surface area contributed by atoms with E-state index in [0.717, 1.165) is 17.5 Å². The Morgan fingerprint density at radius 2 is 1.46 bits per heavy atom. The molecule has 10 heteroatoms. The molecule has 3 aromatic carbocycles. The molecule has 0 fully saturated rings. The van der Waals surface area contributed by atoms with Crippen molar-refractivity contribution in [3.05, 3.63) is 124 Å². The molecule has 0 saturated heterocycles. The van der Waals surface area contributed by atoms with E-state index < -0.39 is 22.4 Å². The minimum absolute atomic E-state index is 0.0475. The Hall–Kier alpha value is -4.86. The van der Waals surface area contributed by atoms with Crippen LogP contribution in [0.3, 0.4) is 0 Å². The Bertz CT molecular complexity index is 1260. The van der Waals surface area contributed by atoms with E-state index in [9.17, 15) is 19.3 Å². The van der Waals surface area contributed by atoms with Gasteiger partial charge in [-0.3, -0.25) is 25.8 Å². The van der Waals surface area contributed by atoms with Gasteiger partial charge in [-0.2, -0.15) is 0 Å². The number of nitro groups is 1. The van der Waals surface area contributed by atoms with Gasteiger partial charge in [-0.05, 0) is 28.8 Å². The van der Waals surface area contributed by atoms with Crippen molar-refractivity contribution in [2.45, 2.75) is 12.5 Å². The monoisotopic (exact) mass is 472 g/mol. The standard InChI is InChI=1S/C25H21FN6O3/c26-20-13-11-17(12-14-20)15-27-23-22(32(34)35)24(29-16-28-23)30-31-25(33)21(18-7-3-1-4-8-18)19-9-5-2-6-10-19/h1-14,16,21H,15H2,(H,31,33)(H2,27,28,29,30). The highest BCUT2D eigenvalue weighted by molar-refractivity contribution is 5.88. The van der Waals surface area contributed by atoms with E-state index in [1.807, 2.05) is 60.7 Å². The summed E-state index contributed by atoms with van der Waals surface area (Å²) in [6.45, 7) is 0.175. The van der Waals surface area contributed by atoms with E-state index >= 15 is 0 Å². The molecule has 0 unspecified atom stereocenters. The van der Waals surface area contributed by atoms with Gasteiger partial charge < -0.3 is 5.32 Å². The number of nitrogens with one attached hydrogen (secondary N) is 3. The summed E-state index contributed by atoms with van der Waals surface area (Å²) in [7, 11) is 0. The van der Waals surface area contributed by atoms with Crippen molar-refractivity contribution < 1.29 is 14.1 Å². The molecule has 0 bridgehead atoms. The van der Waals surface area contributed by atoms with Crippen LogP contribution in [0.25, 0.3) is 0 Å². The lowest BCUT2D eigenvalue weighted by Gasteiger charge is -2.18. The zero-order valence-electron chi connectivity index (χ0n) is 18.4. The Labute approximate surface area is 200 Å². The van der Waals surface area contributed by atoms with Crippen LogP contribution in [0.15, 0.2) is 91.3 Å². The van der Waals surface area contributed by atoms with E-state index in [2.05, 4.69) is 26.1 Å². The Morgan fingerprint density at radius 3 is 2.03 bits per heavy atom. The van der Waals surface area contributed by atoms with E-state index in [0.29, 0.717) is 5.56 Å². The summed E-state index contributed by atoms with van der Waals surface area (Å²) < 4.78 is 13.1. The minimum atomic E-state index is -0.651. The molecule has 3 N–H and O–H groups in total. The van der Waals surface area contributed by atoms with Gasteiger partial charge in [0.05, 0.1) is 10.8 Å². The third kappa shape index (κ3) is 5.74. The number of amides is 1. The summed E-state index contributed by atoms with van der Waals surface area (Å²) in [5.74, 6) is -1.68. The van der Waals surface area contributed by atoms with Crippen LogP contribution in [-0.4, -0.2) is 20.8 Å². The van der Waals surface area contributed by atoms with Crippen LogP contribution in [0.1, 0.15) is 22.6 Å². The van der Waals surface area contributed by atoms with E-state index in [1.165, 1.54) is 12.1 Å². The number of halogens is 1. The maximum absolute atomic E-state index is 13.2. The number of nitrogens with zero attached hydrogens (tertiary/aromatic N) is 3. The van der Waals surface area contributed by atoms with E-state index in [-0.39, 0.29) is 24.0 Å². The molecule has 176 valence electrons. The van der Waals surface area contributed by atoms with Gasteiger partial charge in [-0.25, -0.2) is 14.4 Å². The smallest absolute Gasteiger partial charge is 0.354 e. The van der Waals surface area contributed by atoms with Crippen molar-refractivity contribution in [1.29, 1.82) is 0 Å². The van der Waals surface area contributed by atoms with Crippen LogP contribution in [0.4, 0.5) is 21.7 Å². The summed E-state index contributed by atoms with van der Waals surface area (Å²) in [5, 5.41) is 14.7. The number of rotatable bonds is 9. The number of aromatic nitrogens is 2. The maximum Gasteiger partial charge on any atom is 0.354 e. The van der Waals surface area contributed by atoms with Crippen molar-refractivity contribution in [3.8, 4) is 0 Å². The average molecular weight is 472 g/mol. The first-order valence-corrected chi connectivity index (χ1v) is 10.7. The molecule has 0 radical (unpaired) electrons. The predicted octanol–water partition coefficient (Wildman–Crippen LogP) is 4.41. The second-order valence-corrected chi connectivity index (χ2v) is 7.53. The second-order valence-electron chi connectivity index (χ2n) is 7.53. The Balaban J connectivity index is 1.54. The first-order chi connectivity index (χ1) is 17.0. The highest BCUT2D eigenvalue weighted by atomic mass is 19.1. The summed E-state index contributed by atoms with van der Waals surface area (Å²) >= 11 is 0. The predicted molar refractivity (Wildman–Crippen MR) is 129 cm³/mol. The highest BCUT2D eigenvalue weighted by Crippen LogP contribution is 2.29. The van der Waals surface area contributed by atoms with Gasteiger partial charge in [-0.15, -0.1) is 0 Å². The zero-order chi connectivity index (χ0) is 24.6. The van der Waals surface area contributed by atoms with Gasteiger partial charge in [0.15, 0.2) is 0 Å². The van der Waals surface area contributed by atoms with Crippen LogP contribution in [0.5, 0.6) is 0 Å². The van der Waals surface area contributed by atoms with Gasteiger partial charge >= 0.3 is 5.69 Å². The fraction of sp³-hybridized carbons (Fsp3) is 0.0800. The van der Waals surface area contributed by atoms with Crippen LogP contribution < -0.4 is 16.2 Å². The molecule has 0 aliphatic rings. The molecule has 1 aromatic heterocycles. The van der Waals surface area contributed by atoms with E-state index in [1.54, 1.807) is 12.1 Å². The summed E-state index contributed by atoms with van der Waals surface area (Å²) in [6, 6.07) is 24.1. The molecule has 1 amide bonds. The number of hydrogen-bond donors (Lipinski definition) is 3. The lowest BCUT2D eigenvalue weighted by Crippen LogP contribution is -2.35. The second kappa shape index (κ2) is 10.8. The molecule has 0 aliphatic carbocycles. The average Bonchev–Trinajstić information content (AvgIpc) is 2.88. The van der Waals surface area contributed by atoms with Gasteiger partial charge in [0.2, 0.25) is 17.5 Å². The molecule has 0 aliphatic heterocycles. The lowest BCUT2D eigenvalue weighted by molar-refractivity contribution is -0.383. The number of carbonyl (C=O) groups excluding carboxylic acids is 1. The summed E-state index contributed by atoms with van der Waals surface area (Å²) in [5.41, 5.74) is 6.91. The fourth-order valence-corrected chi connectivity index (χ4v) is 3.54. The van der Waals surface area contributed by atoms with Crippen molar-refractivity contribution >= 4 is 23.2 Å². The maximum atomic E-state index is 13.2. The van der Waals surface area contributed by atoms with Crippen molar-refractivity contribution in [2.75, 3.05) is 10.7 Å². The molecule has 0 saturated carbocycles. The normalized spacial score (nSPS) is 10.6. The number of hydrazine groups is 1. The largest absolute Gasteiger partial charge is 0.360 e. The first-order valence-electron chi connectivity index (χ1n) is 10.7. The van der Waals surface area contributed by atoms with Crippen molar-refractivity contribution in [3.63, 3.8) is 0 Å². The van der Waals surface area contributed by atoms with Gasteiger partial charge in [0.1, 0.15) is 12.1 Å². The topological polar surface area (TPSA) is 122 Å². The molecule has 4 aromatic rings. The zero-order valence-corrected chi connectivity index (χ0v) is 18.4. The van der Waals surface area contributed by atoms with Gasteiger partial charge in [0, 0.05) is 6.54 Å². The number of anilines is 2. The highest BCUT2D eigenvalue weighted by Gasteiger charge is 2.26. The van der Waals surface area contributed by atoms with Crippen LogP contribution >= 0.6 is 0 Å². The summed E-state index contributed by atoms with van der Waals surface area (Å²) in [4.78, 5) is 32.2. The Morgan fingerprint density at radius 1 is 0.886 bits per heavy atom. The Kier molecular flexibility index (Phi) is 7.22.